The first-order chi connectivity index (χ1) is 12.0. The van der Waals surface area contributed by atoms with E-state index in [4.69, 9.17) is 4.42 Å². The number of hydrogen-bond acceptors (Lipinski definition) is 4. The second-order valence-electron chi connectivity index (χ2n) is 6.31. The molecule has 0 spiro atoms. The quantitative estimate of drug-likeness (QED) is 0.728. The van der Waals surface area contributed by atoms with Crippen molar-refractivity contribution in [2.24, 2.45) is 0 Å². The van der Waals surface area contributed by atoms with Gasteiger partial charge >= 0.3 is 5.69 Å². The summed E-state index contributed by atoms with van der Waals surface area (Å²) >= 11 is 0. The molecule has 0 atom stereocenters. The minimum absolute atomic E-state index is 0.0757. The van der Waals surface area contributed by atoms with Crippen LogP contribution in [0.4, 0.5) is 8.78 Å². The van der Waals surface area contributed by atoms with Crippen molar-refractivity contribution in [3.63, 3.8) is 0 Å². The van der Waals surface area contributed by atoms with Crippen molar-refractivity contribution in [3.8, 4) is 17.1 Å². The molecule has 3 aromatic rings. The van der Waals surface area contributed by atoms with Crippen molar-refractivity contribution >= 4 is 0 Å². The van der Waals surface area contributed by atoms with Gasteiger partial charge in [-0.15, -0.1) is 0 Å². The smallest absolute Gasteiger partial charge is 0.353 e. The van der Waals surface area contributed by atoms with Crippen LogP contribution < -0.4 is 5.69 Å². The lowest BCUT2D eigenvalue weighted by Gasteiger charge is -2.09. The Balaban J connectivity index is 1.86. The molecule has 1 aromatic carbocycles. The zero-order valence-corrected chi connectivity index (χ0v) is 13.7. The summed E-state index contributed by atoms with van der Waals surface area (Å²) in [5, 5.41) is 0. The summed E-state index contributed by atoms with van der Waals surface area (Å²) in [6.07, 6.45) is 4.85. The Morgan fingerprint density at radius 1 is 1.20 bits per heavy atom. The van der Waals surface area contributed by atoms with Crippen LogP contribution in [0.1, 0.15) is 35.6 Å². The summed E-state index contributed by atoms with van der Waals surface area (Å²) < 4.78 is 34.3. The van der Waals surface area contributed by atoms with E-state index in [1.165, 1.54) is 11.5 Å². The fourth-order valence-electron chi connectivity index (χ4n) is 2.87. The highest BCUT2D eigenvalue weighted by atomic mass is 19.1. The van der Waals surface area contributed by atoms with Crippen molar-refractivity contribution in [1.82, 2.24) is 14.5 Å². The fourth-order valence-corrected chi connectivity index (χ4v) is 2.87. The average Bonchev–Trinajstić information content (AvgIpc) is 3.30. The van der Waals surface area contributed by atoms with Gasteiger partial charge in [-0.05, 0) is 44.4 Å². The maximum Gasteiger partial charge on any atom is 0.353 e. The zero-order valence-electron chi connectivity index (χ0n) is 13.7. The van der Waals surface area contributed by atoms with Crippen LogP contribution in [0.25, 0.3) is 17.1 Å². The molecule has 0 N–H and O–H groups in total. The van der Waals surface area contributed by atoms with Crippen LogP contribution >= 0.6 is 0 Å². The molecule has 0 radical (unpaired) electrons. The molecule has 25 heavy (non-hydrogen) atoms. The Bertz CT molecular complexity index is 1010. The highest BCUT2D eigenvalue weighted by molar-refractivity contribution is 5.65. The topological polar surface area (TPSA) is 60.9 Å². The fraction of sp³-hybridized carbons (Fsp3) is 0.278. The third kappa shape index (κ3) is 2.65. The van der Waals surface area contributed by atoms with Crippen LogP contribution in [0.15, 0.2) is 33.9 Å². The van der Waals surface area contributed by atoms with Gasteiger partial charge in [-0.1, -0.05) is 0 Å². The van der Waals surface area contributed by atoms with Gasteiger partial charge in [-0.2, -0.15) is 9.97 Å². The zero-order chi connectivity index (χ0) is 17.7. The second kappa shape index (κ2) is 5.61. The van der Waals surface area contributed by atoms with Crippen LogP contribution in [0.2, 0.25) is 0 Å². The summed E-state index contributed by atoms with van der Waals surface area (Å²) in [4.78, 5) is 20.6. The van der Waals surface area contributed by atoms with Crippen LogP contribution in [0.3, 0.4) is 0 Å². The number of aryl methyl sites for hydroxylation is 1. The van der Waals surface area contributed by atoms with E-state index in [9.17, 15) is 13.6 Å². The van der Waals surface area contributed by atoms with Gasteiger partial charge in [0.25, 0.3) is 0 Å². The predicted octanol–water partition coefficient (Wildman–Crippen LogP) is 3.66. The van der Waals surface area contributed by atoms with Crippen LogP contribution in [-0.2, 0) is 0 Å². The molecule has 1 saturated carbocycles. The summed E-state index contributed by atoms with van der Waals surface area (Å²) in [7, 11) is 0. The third-order valence-corrected chi connectivity index (χ3v) is 4.43. The number of benzene rings is 1. The van der Waals surface area contributed by atoms with E-state index in [-0.39, 0.29) is 22.7 Å². The first kappa shape index (κ1) is 15.7. The van der Waals surface area contributed by atoms with Gasteiger partial charge in [0.2, 0.25) is 0 Å². The molecule has 1 aliphatic rings. The van der Waals surface area contributed by atoms with Gasteiger partial charge in [0.05, 0.1) is 5.69 Å². The normalized spacial score (nSPS) is 14.1. The van der Waals surface area contributed by atoms with E-state index < -0.39 is 17.3 Å². The average molecular weight is 343 g/mol. The standard InChI is InChI=1S/C18H15F2N3O2/c1-9-7-23(18(24)22-15(9)11-3-4-11)17-16(25-8-21-17)12-5-13(19)10(2)14(20)6-12/h5-8,11H,3-4H2,1-2H3. The highest BCUT2D eigenvalue weighted by Gasteiger charge is 2.28. The number of halogens is 2. The van der Waals surface area contributed by atoms with Crippen molar-refractivity contribution in [1.29, 1.82) is 0 Å². The van der Waals surface area contributed by atoms with Crippen LogP contribution in [0, 0.1) is 25.5 Å². The van der Waals surface area contributed by atoms with Gasteiger partial charge in [0, 0.05) is 23.2 Å². The lowest BCUT2D eigenvalue weighted by Crippen LogP contribution is -2.24. The van der Waals surface area contributed by atoms with E-state index in [1.54, 1.807) is 6.20 Å². The lowest BCUT2D eigenvalue weighted by molar-refractivity contribution is 0.556. The summed E-state index contributed by atoms with van der Waals surface area (Å²) in [6, 6.07) is 2.32. The summed E-state index contributed by atoms with van der Waals surface area (Å²) in [6.45, 7) is 3.23. The molecule has 5 nitrogen and oxygen atoms in total. The number of nitrogens with zero attached hydrogens (tertiary/aromatic N) is 3. The molecule has 1 fully saturated rings. The van der Waals surface area contributed by atoms with E-state index in [1.807, 2.05) is 6.92 Å². The van der Waals surface area contributed by atoms with Gasteiger partial charge in [-0.25, -0.2) is 18.1 Å². The SMILES string of the molecule is Cc1cn(-c2ncoc2-c2cc(F)c(C)c(F)c2)c(=O)nc1C1CC1. The van der Waals surface area contributed by atoms with Crippen LogP contribution in [0.5, 0.6) is 0 Å². The van der Waals surface area contributed by atoms with Crippen LogP contribution in [-0.4, -0.2) is 14.5 Å². The molecule has 2 heterocycles. The highest BCUT2D eigenvalue weighted by Crippen LogP contribution is 2.40. The maximum absolute atomic E-state index is 13.9. The Kier molecular flexibility index (Phi) is 3.52. The molecule has 0 aliphatic heterocycles. The van der Waals surface area contributed by atoms with Gasteiger partial charge < -0.3 is 4.42 Å². The van der Waals surface area contributed by atoms with E-state index in [0.29, 0.717) is 5.92 Å². The summed E-state index contributed by atoms with van der Waals surface area (Å²) in [5.74, 6) is -0.767. The third-order valence-electron chi connectivity index (χ3n) is 4.43. The molecule has 1 aliphatic carbocycles. The van der Waals surface area contributed by atoms with E-state index in [2.05, 4.69) is 9.97 Å². The van der Waals surface area contributed by atoms with E-state index in [0.717, 1.165) is 42.6 Å². The molecule has 0 saturated heterocycles. The van der Waals surface area contributed by atoms with Crippen molar-refractivity contribution in [2.45, 2.75) is 32.6 Å². The Morgan fingerprint density at radius 2 is 1.88 bits per heavy atom. The van der Waals surface area contributed by atoms with Gasteiger partial charge in [0.15, 0.2) is 18.0 Å². The first-order valence-electron chi connectivity index (χ1n) is 7.95. The van der Waals surface area contributed by atoms with Crippen molar-refractivity contribution in [2.75, 3.05) is 0 Å². The minimum Gasteiger partial charge on any atom is -0.441 e. The Morgan fingerprint density at radius 3 is 2.52 bits per heavy atom. The molecule has 2 aromatic heterocycles. The molecule has 4 rings (SSSR count). The Hall–Kier alpha value is -2.83. The van der Waals surface area contributed by atoms with Gasteiger partial charge in [0.1, 0.15) is 11.6 Å². The maximum atomic E-state index is 13.9. The second-order valence-corrected chi connectivity index (χ2v) is 6.31. The minimum atomic E-state index is -0.692. The molecule has 0 bridgehead atoms. The largest absolute Gasteiger partial charge is 0.441 e. The number of oxazole rings is 1. The summed E-state index contributed by atoms with van der Waals surface area (Å²) in [5.41, 5.74) is 1.28. The molecule has 0 amide bonds. The first-order valence-corrected chi connectivity index (χ1v) is 7.95. The van der Waals surface area contributed by atoms with Crippen molar-refractivity contribution in [3.05, 3.63) is 63.7 Å². The van der Waals surface area contributed by atoms with E-state index >= 15 is 0 Å². The molecule has 7 heteroatoms. The lowest BCUT2D eigenvalue weighted by atomic mass is 10.1. The molecular formula is C18H15F2N3O2. The number of hydrogen-bond donors (Lipinski definition) is 0. The predicted molar refractivity (Wildman–Crippen MR) is 86.7 cm³/mol. The van der Waals surface area contributed by atoms with Gasteiger partial charge in [-0.3, -0.25) is 0 Å². The molecule has 0 unspecified atom stereocenters. The number of aromatic nitrogens is 3. The van der Waals surface area contributed by atoms with Crippen molar-refractivity contribution < 1.29 is 13.2 Å². The molecular weight excluding hydrogens is 328 g/mol. The monoisotopic (exact) mass is 343 g/mol. The number of rotatable bonds is 3. The Labute approximate surface area is 142 Å². The molecule has 128 valence electrons.